The quantitative estimate of drug-likeness (QED) is 0.465. The normalized spacial score (nSPS) is 13.0. The first-order valence-electron chi connectivity index (χ1n) is 4.49. The van der Waals surface area contributed by atoms with Crippen molar-refractivity contribution in [2.24, 2.45) is 0 Å². The molecule has 1 aromatic rings. The van der Waals surface area contributed by atoms with Gasteiger partial charge in [-0.15, -0.1) is 0 Å². The number of carbonyl (C=O) groups is 1. The number of alkyl halides is 4. The molecule has 0 aliphatic heterocycles. The van der Waals surface area contributed by atoms with Crippen LogP contribution in [0.15, 0.2) is 24.3 Å². The van der Waals surface area contributed by atoms with Gasteiger partial charge in [-0.25, -0.2) is 4.79 Å². The largest absolute Gasteiger partial charge is 0.515 e. The van der Waals surface area contributed by atoms with Gasteiger partial charge in [-0.3, -0.25) is 0 Å². The number of ether oxygens (including phenoxy) is 2. The van der Waals surface area contributed by atoms with Crippen molar-refractivity contribution in [3.63, 3.8) is 0 Å². The number of halogens is 4. The predicted octanol–water partition coefficient (Wildman–Crippen LogP) is 3.81. The van der Waals surface area contributed by atoms with Crippen molar-refractivity contribution in [2.45, 2.75) is 18.7 Å². The third kappa shape index (κ3) is 4.52. The Morgan fingerprint density at radius 3 is 2.24 bits per heavy atom. The van der Waals surface area contributed by atoms with E-state index in [1.54, 1.807) is 0 Å². The van der Waals surface area contributed by atoms with Gasteiger partial charge in [0.25, 0.3) is 0 Å². The van der Waals surface area contributed by atoms with Gasteiger partial charge in [0, 0.05) is 0 Å². The van der Waals surface area contributed by atoms with Crippen LogP contribution in [0.2, 0.25) is 0 Å². The summed E-state index contributed by atoms with van der Waals surface area (Å²) in [7, 11) is 0. The molecule has 3 nitrogen and oxygen atoms in total. The second-order valence-corrected chi connectivity index (χ2v) is 3.65. The summed E-state index contributed by atoms with van der Waals surface area (Å²) in [6, 6.07) is 3.63. The zero-order chi connectivity index (χ0) is 13.1. The van der Waals surface area contributed by atoms with E-state index < -0.39 is 23.5 Å². The Labute approximate surface area is 100 Å². The van der Waals surface area contributed by atoms with Crippen LogP contribution < -0.4 is 4.74 Å². The van der Waals surface area contributed by atoms with Crippen LogP contribution in [-0.4, -0.2) is 11.7 Å². The summed E-state index contributed by atoms with van der Waals surface area (Å²) in [5.74, 6) is -0.0553. The summed E-state index contributed by atoms with van der Waals surface area (Å²) in [4.78, 5) is 11.0. The second kappa shape index (κ2) is 5.27. The molecule has 0 aliphatic rings. The van der Waals surface area contributed by atoms with Gasteiger partial charge < -0.3 is 9.47 Å². The molecule has 0 radical (unpaired) electrons. The molecule has 94 valence electrons. The first kappa shape index (κ1) is 13.6. The Balaban J connectivity index is 2.66. The van der Waals surface area contributed by atoms with Gasteiger partial charge in [-0.1, -0.05) is 11.6 Å². The van der Waals surface area contributed by atoms with Crippen molar-refractivity contribution in [3.05, 3.63) is 29.8 Å². The molecule has 1 aromatic carbocycles. The smallest absolute Gasteiger partial charge is 0.415 e. The average molecular weight is 269 g/mol. The van der Waals surface area contributed by atoms with E-state index in [2.05, 4.69) is 9.47 Å². The fourth-order valence-corrected chi connectivity index (χ4v) is 1.04. The number of rotatable bonds is 2. The monoisotopic (exact) mass is 268 g/mol. The van der Waals surface area contributed by atoms with Crippen molar-refractivity contribution < 1.29 is 27.4 Å². The van der Waals surface area contributed by atoms with E-state index in [9.17, 15) is 18.0 Å². The third-order valence-electron chi connectivity index (χ3n) is 1.64. The van der Waals surface area contributed by atoms with E-state index in [-0.39, 0.29) is 5.75 Å². The van der Waals surface area contributed by atoms with Crippen LogP contribution in [-0.2, 0) is 10.9 Å². The fraction of sp³-hybridized carbons (Fsp3) is 0.300. The number of hydrogen-bond acceptors (Lipinski definition) is 3. The lowest BCUT2D eigenvalue weighted by Crippen LogP contribution is -2.14. The highest BCUT2D eigenvalue weighted by atomic mass is 35.5. The maximum atomic E-state index is 12.2. The Bertz CT molecular complexity index is 387. The highest BCUT2D eigenvalue weighted by Crippen LogP contribution is 2.30. The van der Waals surface area contributed by atoms with E-state index in [0.717, 1.165) is 24.3 Å². The zero-order valence-corrected chi connectivity index (χ0v) is 9.38. The molecular weight excluding hydrogens is 261 g/mol. The minimum Gasteiger partial charge on any atom is -0.415 e. The molecule has 0 saturated heterocycles. The van der Waals surface area contributed by atoms with Gasteiger partial charge in [-0.2, -0.15) is 13.2 Å². The van der Waals surface area contributed by atoms with E-state index in [0.29, 0.717) is 0 Å². The van der Waals surface area contributed by atoms with Crippen LogP contribution in [0.3, 0.4) is 0 Å². The lowest BCUT2D eigenvalue weighted by molar-refractivity contribution is -0.137. The number of carbonyl (C=O) groups excluding carboxylic acids is 1. The fourth-order valence-electron chi connectivity index (χ4n) is 0.965. The molecule has 1 atom stereocenters. The van der Waals surface area contributed by atoms with Crippen molar-refractivity contribution >= 4 is 17.8 Å². The molecule has 0 N–H and O–H groups in total. The molecule has 17 heavy (non-hydrogen) atoms. The Morgan fingerprint density at radius 1 is 1.29 bits per heavy atom. The number of hydrogen-bond donors (Lipinski definition) is 0. The van der Waals surface area contributed by atoms with Crippen LogP contribution >= 0.6 is 11.6 Å². The molecule has 0 fully saturated rings. The summed E-state index contributed by atoms with van der Waals surface area (Å²) >= 11 is 5.35. The summed E-state index contributed by atoms with van der Waals surface area (Å²) in [6.07, 6.45) is -5.50. The van der Waals surface area contributed by atoms with Crippen LogP contribution in [0.25, 0.3) is 0 Å². The van der Waals surface area contributed by atoms with E-state index in [1.807, 2.05) is 0 Å². The summed E-state index contributed by atoms with van der Waals surface area (Å²) < 4.78 is 45.6. The van der Waals surface area contributed by atoms with Gasteiger partial charge >= 0.3 is 12.3 Å². The molecule has 0 aliphatic carbocycles. The summed E-state index contributed by atoms with van der Waals surface area (Å²) in [5.41, 5.74) is -1.71. The first-order chi connectivity index (χ1) is 7.79. The summed E-state index contributed by atoms with van der Waals surface area (Å²) in [6.45, 7) is 1.40. The van der Waals surface area contributed by atoms with Gasteiger partial charge in [-0.05, 0) is 31.2 Å². The van der Waals surface area contributed by atoms with Crippen molar-refractivity contribution in [2.75, 3.05) is 0 Å². The molecule has 0 bridgehead atoms. The lowest BCUT2D eigenvalue weighted by atomic mass is 10.2. The van der Waals surface area contributed by atoms with Crippen LogP contribution in [0.4, 0.5) is 18.0 Å². The third-order valence-corrected chi connectivity index (χ3v) is 1.73. The molecule has 0 unspecified atom stereocenters. The average Bonchev–Trinajstić information content (AvgIpc) is 2.15. The van der Waals surface area contributed by atoms with Crippen LogP contribution in [0.1, 0.15) is 12.5 Å². The van der Waals surface area contributed by atoms with E-state index >= 15 is 0 Å². The molecular formula is C10H8ClF3O3. The molecule has 0 heterocycles. The standard InChI is InChI=1S/C10H8ClF3O3/c1-6(11)16-9(15)17-8-4-2-7(3-5-8)10(12,13)14/h2-6H,1H3/t6-/m1/s1. The van der Waals surface area contributed by atoms with E-state index in [1.165, 1.54) is 6.92 Å². The molecule has 7 heteroatoms. The first-order valence-corrected chi connectivity index (χ1v) is 4.92. The van der Waals surface area contributed by atoms with Gasteiger partial charge in [0.1, 0.15) is 5.75 Å². The number of benzene rings is 1. The second-order valence-electron chi connectivity index (χ2n) is 3.04. The van der Waals surface area contributed by atoms with Gasteiger partial charge in [0.15, 0.2) is 5.56 Å². The highest BCUT2D eigenvalue weighted by Gasteiger charge is 2.30. The Morgan fingerprint density at radius 2 is 1.82 bits per heavy atom. The zero-order valence-electron chi connectivity index (χ0n) is 8.62. The van der Waals surface area contributed by atoms with Gasteiger partial charge in [0.2, 0.25) is 0 Å². The SMILES string of the molecule is C[C@H](Cl)OC(=O)Oc1ccc(C(F)(F)F)cc1. The van der Waals surface area contributed by atoms with Crippen molar-refractivity contribution in [1.29, 1.82) is 0 Å². The van der Waals surface area contributed by atoms with Crippen LogP contribution in [0, 0.1) is 0 Å². The van der Waals surface area contributed by atoms with Crippen LogP contribution in [0.5, 0.6) is 5.75 Å². The molecule has 0 saturated carbocycles. The minimum absolute atomic E-state index is 0.0553. The van der Waals surface area contributed by atoms with Gasteiger partial charge in [0.05, 0.1) is 5.56 Å². The summed E-state index contributed by atoms with van der Waals surface area (Å²) in [5, 5.41) is 0. The highest BCUT2D eigenvalue weighted by molar-refractivity contribution is 6.19. The maximum Gasteiger partial charge on any atom is 0.515 e. The Kier molecular flexibility index (Phi) is 4.22. The molecule has 0 aromatic heterocycles. The maximum absolute atomic E-state index is 12.2. The lowest BCUT2D eigenvalue weighted by Gasteiger charge is -2.09. The predicted molar refractivity (Wildman–Crippen MR) is 53.9 cm³/mol. The topological polar surface area (TPSA) is 35.5 Å². The van der Waals surface area contributed by atoms with Crippen molar-refractivity contribution in [1.82, 2.24) is 0 Å². The van der Waals surface area contributed by atoms with Crippen molar-refractivity contribution in [3.8, 4) is 5.75 Å². The molecule has 1 rings (SSSR count). The van der Waals surface area contributed by atoms with E-state index in [4.69, 9.17) is 11.6 Å². The molecule has 0 spiro atoms. The molecule has 0 amide bonds. The Hall–Kier alpha value is -1.43. The minimum atomic E-state index is -4.43.